The monoisotopic (exact) mass is 391 g/mol. The molecule has 1 saturated heterocycles. The van der Waals surface area contributed by atoms with Gasteiger partial charge in [-0.15, -0.1) is 0 Å². The number of amides is 2. The van der Waals surface area contributed by atoms with Crippen molar-refractivity contribution in [1.29, 1.82) is 0 Å². The Hall–Kier alpha value is -2.13. The van der Waals surface area contributed by atoms with Crippen molar-refractivity contribution in [2.75, 3.05) is 11.4 Å². The van der Waals surface area contributed by atoms with Crippen molar-refractivity contribution < 1.29 is 23.6 Å². The second-order valence-electron chi connectivity index (χ2n) is 8.72. The van der Waals surface area contributed by atoms with Gasteiger partial charge < -0.3 is 24.2 Å². The molecule has 0 bridgehead atoms. The van der Waals surface area contributed by atoms with E-state index in [0.717, 1.165) is 0 Å². The van der Waals surface area contributed by atoms with E-state index in [2.05, 4.69) is 10.3 Å². The largest absolute Gasteiger partial charge is 0.601 e. The first-order chi connectivity index (χ1) is 12.8. The van der Waals surface area contributed by atoms with Crippen LogP contribution in [0.25, 0.3) is 0 Å². The number of carbonyl (C=O) groups is 2. The molecule has 8 nitrogen and oxygen atoms in total. The Morgan fingerprint density at radius 3 is 2.32 bits per heavy atom. The van der Waals surface area contributed by atoms with E-state index in [9.17, 15) is 9.59 Å². The molecule has 0 saturated carbocycles. The first-order valence-electron chi connectivity index (χ1n) is 9.37. The van der Waals surface area contributed by atoms with Crippen LogP contribution in [-0.4, -0.2) is 47.6 Å². The van der Waals surface area contributed by atoms with Crippen molar-refractivity contribution in [2.24, 2.45) is 0 Å². The van der Waals surface area contributed by atoms with Crippen LogP contribution in [0.15, 0.2) is 24.5 Å². The van der Waals surface area contributed by atoms with Crippen LogP contribution in [0.4, 0.5) is 10.5 Å². The lowest BCUT2D eigenvalue weighted by Crippen LogP contribution is -2.47. The SMILES string of the molecule is CC(C)(C)OC(=O)NCCC(=O)N(B1OC(C)(C)C(C)(C)O1)c1cccnc1. The second kappa shape index (κ2) is 8.09. The molecule has 154 valence electrons. The molecule has 0 atom stereocenters. The van der Waals surface area contributed by atoms with Gasteiger partial charge in [-0.05, 0) is 60.6 Å². The molecular formula is C19H30BN3O5. The molecule has 1 aromatic heterocycles. The quantitative estimate of drug-likeness (QED) is 0.777. The van der Waals surface area contributed by atoms with Gasteiger partial charge in [0.25, 0.3) is 0 Å². The van der Waals surface area contributed by atoms with Crippen LogP contribution in [0.2, 0.25) is 0 Å². The topological polar surface area (TPSA) is 90.0 Å². The second-order valence-corrected chi connectivity index (χ2v) is 8.72. The summed E-state index contributed by atoms with van der Waals surface area (Å²) in [6.45, 7) is 13.1. The predicted octanol–water partition coefficient (Wildman–Crippen LogP) is 2.92. The third kappa shape index (κ3) is 5.45. The summed E-state index contributed by atoms with van der Waals surface area (Å²) < 4.78 is 17.3. The van der Waals surface area contributed by atoms with Crippen molar-refractivity contribution >= 4 is 24.9 Å². The average molecular weight is 391 g/mol. The number of hydrogen-bond donors (Lipinski definition) is 1. The molecule has 1 fully saturated rings. The minimum atomic E-state index is -0.886. The fourth-order valence-corrected chi connectivity index (χ4v) is 2.50. The number of nitrogens with zero attached hydrogens (tertiary/aromatic N) is 2. The highest BCUT2D eigenvalue weighted by molar-refractivity contribution is 6.56. The van der Waals surface area contributed by atoms with E-state index in [-0.39, 0.29) is 18.9 Å². The van der Waals surface area contributed by atoms with Crippen LogP contribution < -0.4 is 10.1 Å². The van der Waals surface area contributed by atoms with E-state index < -0.39 is 30.1 Å². The zero-order valence-corrected chi connectivity index (χ0v) is 17.7. The standard InChI is InChI=1S/C19H30BN3O5/c1-17(2,3)26-16(25)22-12-10-15(24)23(14-9-8-11-21-13-14)20-27-18(4,5)19(6,7)28-20/h8-9,11,13H,10,12H2,1-7H3,(H,22,25). The van der Waals surface area contributed by atoms with Gasteiger partial charge in [0, 0.05) is 25.4 Å². The summed E-state index contributed by atoms with van der Waals surface area (Å²) in [6, 6.07) is 3.50. The molecule has 2 amide bonds. The number of carbonyl (C=O) groups excluding carboxylic acids is 2. The van der Waals surface area contributed by atoms with Crippen LogP contribution in [0.5, 0.6) is 0 Å². The van der Waals surface area contributed by atoms with Gasteiger partial charge >= 0.3 is 13.3 Å². The van der Waals surface area contributed by atoms with Crippen LogP contribution in [0.3, 0.4) is 0 Å². The fraction of sp³-hybridized carbons (Fsp3) is 0.632. The molecule has 28 heavy (non-hydrogen) atoms. The smallest absolute Gasteiger partial charge is 0.444 e. The van der Waals surface area contributed by atoms with E-state index >= 15 is 0 Å². The third-order valence-electron chi connectivity index (χ3n) is 4.65. The molecule has 2 heterocycles. The number of rotatable bonds is 5. The predicted molar refractivity (Wildman–Crippen MR) is 107 cm³/mol. The van der Waals surface area contributed by atoms with E-state index in [1.54, 1.807) is 45.3 Å². The summed E-state index contributed by atoms with van der Waals surface area (Å²) in [5.74, 6) is -0.262. The zero-order valence-electron chi connectivity index (χ0n) is 17.7. The minimum absolute atomic E-state index is 0.0538. The number of pyridine rings is 1. The molecule has 0 unspecified atom stereocenters. The van der Waals surface area contributed by atoms with Gasteiger partial charge in [-0.1, -0.05) is 0 Å². The summed E-state index contributed by atoms with van der Waals surface area (Å²) >= 11 is 0. The van der Waals surface area contributed by atoms with Gasteiger partial charge in [-0.3, -0.25) is 9.78 Å². The summed E-state index contributed by atoms with van der Waals surface area (Å²) in [7, 11) is -0.886. The van der Waals surface area contributed by atoms with Gasteiger partial charge in [0.15, 0.2) is 0 Å². The normalized spacial score (nSPS) is 17.9. The maximum Gasteiger partial charge on any atom is 0.601 e. The van der Waals surface area contributed by atoms with Gasteiger partial charge in [-0.25, -0.2) is 4.79 Å². The van der Waals surface area contributed by atoms with E-state index in [0.29, 0.717) is 5.69 Å². The Balaban J connectivity index is 2.09. The maximum absolute atomic E-state index is 13.0. The van der Waals surface area contributed by atoms with Crippen LogP contribution in [0.1, 0.15) is 54.9 Å². The number of aromatic nitrogens is 1. The molecular weight excluding hydrogens is 361 g/mol. The Morgan fingerprint density at radius 1 is 1.21 bits per heavy atom. The number of hydrogen-bond acceptors (Lipinski definition) is 6. The first-order valence-corrected chi connectivity index (χ1v) is 9.37. The molecule has 2 rings (SSSR count). The minimum Gasteiger partial charge on any atom is -0.444 e. The van der Waals surface area contributed by atoms with Crippen molar-refractivity contribution in [1.82, 2.24) is 10.3 Å². The maximum atomic E-state index is 13.0. The summed E-state index contributed by atoms with van der Waals surface area (Å²) in [4.78, 5) is 30.3. The van der Waals surface area contributed by atoms with E-state index in [1.165, 1.54) is 4.81 Å². The highest BCUT2D eigenvalue weighted by Crippen LogP contribution is 2.38. The number of nitrogens with one attached hydrogen (secondary N) is 1. The molecule has 0 aliphatic carbocycles. The fourth-order valence-electron chi connectivity index (χ4n) is 2.50. The molecule has 0 spiro atoms. The molecule has 0 radical (unpaired) electrons. The molecule has 1 N–H and O–H groups in total. The van der Waals surface area contributed by atoms with Gasteiger partial charge in [0.05, 0.1) is 16.9 Å². The molecule has 1 aliphatic heterocycles. The third-order valence-corrected chi connectivity index (χ3v) is 4.65. The van der Waals surface area contributed by atoms with Crippen molar-refractivity contribution in [2.45, 2.75) is 71.7 Å². The molecule has 0 aromatic carbocycles. The van der Waals surface area contributed by atoms with Crippen LogP contribution in [0, 0.1) is 0 Å². The Morgan fingerprint density at radius 2 is 1.82 bits per heavy atom. The lowest BCUT2D eigenvalue weighted by atomic mass is 9.90. The van der Waals surface area contributed by atoms with E-state index in [1.807, 2.05) is 27.7 Å². The zero-order chi connectivity index (χ0) is 21.2. The van der Waals surface area contributed by atoms with Crippen LogP contribution >= 0.6 is 0 Å². The molecule has 1 aromatic rings. The van der Waals surface area contributed by atoms with Crippen LogP contribution in [-0.2, 0) is 18.8 Å². The van der Waals surface area contributed by atoms with Gasteiger partial charge in [0.2, 0.25) is 5.91 Å². The summed E-state index contributed by atoms with van der Waals surface area (Å²) in [5.41, 5.74) is -1.22. The number of alkyl carbamates (subject to hydrolysis) is 1. The van der Waals surface area contributed by atoms with Crippen molar-refractivity contribution in [3.05, 3.63) is 24.5 Å². The van der Waals surface area contributed by atoms with E-state index in [4.69, 9.17) is 14.0 Å². The van der Waals surface area contributed by atoms with Crippen molar-refractivity contribution in [3.8, 4) is 0 Å². The molecule has 9 heteroatoms. The highest BCUT2D eigenvalue weighted by Gasteiger charge is 2.55. The highest BCUT2D eigenvalue weighted by atomic mass is 16.7. The number of anilines is 1. The summed E-state index contributed by atoms with van der Waals surface area (Å²) in [6.07, 6.45) is 2.69. The number of ether oxygens (including phenoxy) is 1. The van der Waals surface area contributed by atoms with Gasteiger partial charge in [-0.2, -0.15) is 0 Å². The summed E-state index contributed by atoms with van der Waals surface area (Å²) in [5, 5.41) is 2.59. The Labute approximate surface area is 167 Å². The first kappa shape index (κ1) is 22.2. The van der Waals surface area contributed by atoms with Crippen molar-refractivity contribution in [3.63, 3.8) is 0 Å². The average Bonchev–Trinajstić information content (AvgIpc) is 2.74. The lowest BCUT2D eigenvalue weighted by Gasteiger charge is -2.32. The lowest BCUT2D eigenvalue weighted by molar-refractivity contribution is -0.117. The molecule has 1 aliphatic rings. The van der Waals surface area contributed by atoms with Gasteiger partial charge in [0.1, 0.15) is 5.60 Å². The Kier molecular flexibility index (Phi) is 6.40. The Bertz CT molecular complexity index is 687.